The molecule has 0 aromatic heterocycles. The number of aliphatic carboxylic acids is 1. The fraction of sp³-hybridized carbons (Fsp3) is 0.678. The predicted octanol–water partition coefficient (Wildman–Crippen LogP) is 5.73. The monoisotopic (exact) mass is 1310 g/mol. The Labute approximate surface area is 520 Å². The molecular formula is C59H96N2O24S3. The molecule has 0 fully saturated rings. The molecule has 2 aromatic rings. The van der Waals surface area contributed by atoms with E-state index >= 15 is 0 Å². The number of nitrogens with zero attached hydrogens (tertiary/aromatic N) is 2. The maximum absolute atomic E-state index is 12.4. The number of aromatic hydroxyl groups is 1. The van der Waals surface area contributed by atoms with Gasteiger partial charge in [-0.1, -0.05) is 39.0 Å². The molecule has 0 aliphatic carbocycles. The summed E-state index contributed by atoms with van der Waals surface area (Å²) in [6.45, 7) is 16.8. The average molecular weight is 1310 g/mol. The van der Waals surface area contributed by atoms with Crippen LogP contribution in [0.4, 0.5) is 11.4 Å². The highest BCUT2D eigenvalue weighted by Gasteiger charge is 2.44. The highest BCUT2D eigenvalue weighted by molar-refractivity contribution is 7.86. The first kappa shape index (κ1) is 78.0. The van der Waals surface area contributed by atoms with E-state index in [9.17, 15) is 48.8 Å². The smallest absolute Gasteiger partial charge is 0.305 e. The Bertz CT molecular complexity index is 2740. The van der Waals surface area contributed by atoms with Crippen LogP contribution in [0.3, 0.4) is 0 Å². The maximum Gasteiger partial charge on any atom is 0.305 e. The van der Waals surface area contributed by atoms with Gasteiger partial charge in [-0.2, -0.15) is 25.3 Å². The summed E-state index contributed by atoms with van der Waals surface area (Å²) in [5, 5.41) is 20.3. The van der Waals surface area contributed by atoms with Gasteiger partial charge in [0, 0.05) is 60.9 Å². The van der Waals surface area contributed by atoms with Crippen LogP contribution in [0, 0.1) is 5.41 Å². The summed E-state index contributed by atoms with van der Waals surface area (Å²) in [6, 6.07) is 9.50. The number of ether oxygens (including phenoxy) is 12. The lowest BCUT2D eigenvalue weighted by molar-refractivity contribution is -0.138. The molecule has 29 heteroatoms. The van der Waals surface area contributed by atoms with Crippen LogP contribution < -0.4 is 9.80 Å². The molecule has 0 radical (unpaired) electrons. The molecule has 0 saturated carbocycles. The van der Waals surface area contributed by atoms with Gasteiger partial charge in [0.2, 0.25) is 0 Å². The zero-order chi connectivity index (χ0) is 64.7. The lowest BCUT2D eigenvalue weighted by atomic mass is 9.77. The van der Waals surface area contributed by atoms with Gasteiger partial charge in [0.25, 0.3) is 30.4 Å². The highest BCUT2D eigenvalue weighted by Crippen LogP contribution is 2.51. The van der Waals surface area contributed by atoms with Crippen LogP contribution in [0.15, 0.2) is 71.3 Å². The van der Waals surface area contributed by atoms with E-state index < -0.39 is 58.7 Å². The van der Waals surface area contributed by atoms with Gasteiger partial charge in [0.15, 0.2) is 0 Å². The zero-order valence-electron chi connectivity index (χ0n) is 51.7. The number of phenols is 1. The van der Waals surface area contributed by atoms with Crippen molar-refractivity contribution in [2.75, 3.05) is 200 Å². The number of carboxylic acids is 1. The van der Waals surface area contributed by atoms with Crippen molar-refractivity contribution in [1.29, 1.82) is 0 Å². The minimum Gasteiger partial charge on any atom is -0.507 e. The molecule has 2 aromatic carbocycles. The highest BCUT2D eigenvalue weighted by atomic mass is 32.2. The van der Waals surface area contributed by atoms with Gasteiger partial charge in [0.05, 0.1) is 175 Å². The zero-order valence-corrected chi connectivity index (χ0v) is 54.2. The molecule has 26 nitrogen and oxygen atoms in total. The van der Waals surface area contributed by atoms with Crippen molar-refractivity contribution in [3.8, 4) is 5.75 Å². The number of methoxy groups -OCH3 is 1. The number of rotatable bonds is 53. The molecule has 1 aliphatic heterocycles. The van der Waals surface area contributed by atoms with Crippen LogP contribution in [-0.2, 0) is 97.4 Å². The van der Waals surface area contributed by atoms with Gasteiger partial charge in [0.1, 0.15) is 5.75 Å². The molecule has 0 spiro atoms. The van der Waals surface area contributed by atoms with Crippen LogP contribution in [0.2, 0.25) is 0 Å². The molecule has 0 bridgehead atoms. The summed E-state index contributed by atoms with van der Waals surface area (Å²) in [7, 11) is -11.6. The first-order valence-corrected chi connectivity index (χ1v) is 34.0. The second-order valence-corrected chi connectivity index (χ2v) is 25.9. The summed E-state index contributed by atoms with van der Waals surface area (Å²) in [5.41, 5.74) is 2.35. The van der Waals surface area contributed by atoms with Crippen molar-refractivity contribution in [3.63, 3.8) is 0 Å². The Hall–Kier alpha value is -4.22. The number of hydrogen-bond donors (Lipinski definition) is 5. The number of anilines is 2. The summed E-state index contributed by atoms with van der Waals surface area (Å²) in [5.74, 6) is -1.92. The summed E-state index contributed by atoms with van der Waals surface area (Å²) >= 11 is 0. The Morgan fingerprint density at radius 2 is 1.07 bits per heavy atom. The molecule has 0 saturated heterocycles. The minimum atomic E-state index is -4.64. The molecular weight excluding hydrogens is 1220 g/mol. The third-order valence-electron chi connectivity index (χ3n) is 13.4. The first-order chi connectivity index (χ1) is 41.9. The minimum absolute atomic E-state index is 0.0129. The lowest BCUT2D eigenvalue weighted by Gasteiger charge is -2.30. The van der Waals surface area contributed by atoms with E-state index in [0.29, 0.717) is 160 Å². The predicted molar refractivity (Wildman–Crippen MR) is 330 cm³/mol. The average Bonchev–Trinajstić information content (AvgIpc) is 1.88. The van der Waals surface area contributed by atoms with E-state index in [2.05, 4.69) is 0 Å². The number of fused-ring (bicyclic) bond motifs is 1. The van der Waals surface area contributed by atoms with Crippen LogP contribution in [0.25, 0.3) is 5.57 Å². The normalized spacial score (nSPS) is 15.5. The Balaban J connectivity index is 1.67. The summed E-state index contributed by atoms with van der Waals surface area (Å²) < 4.78 is 167. The van der Waals surface area contributed by atoms with E-state index in [0.717, 1.165) is 5.57 Å². The fourth-order valence-corrected chi connectivity index (χ4v) is 10.6. The van der Waals surface area contributed by atoms with Gasteiger partial charge in [-0.25, -0.2) is 0 Å². The molecule has 1 unspecified atom stereocenters. The number of carboxylic acid groups (broad SMARTS) is 1. The Morgan fingerprint density at radius 3 is 1.52 bits per heavy atom. The third kappa shape index (κ3) is 33.2. The van der Waals surface area contributed by atoms with E-state index in [4.69, 9.17) is 61.9 Å². The van der Waals surface area contributed by atoms with E-state index in [-0.39, 0.29) is 82.5 Å². The van der Waals surface area contributed by atoms with E-state index in [1.165, 1.54) is 12.1 Å². The standard InChI is InChI=1S/C59H96N2O24S3/c1-58(2,3)52(51-15-13-49(47-55(51)62)60(19-10-46-87(68,69)70)20-23-76-28-31-80-36-39-84-42-41-82-34-33-78-26-25-74-5)11-7-6-8-12-56-59(4,18-9-45-86(65,66)67)53-48-50(88(71,72)73)14-16-54(53)61(56)21-24-77-29-32-81-37-40-85-44-43-83-38-35-79-30-27-75-22-17-57(63)64/h6,8,11-16,47-48,62H,7,9-10,17-46H2,1-5H3,(H,63,64)(H,65,66,67)(H,68,69,70)(H,71,72,73)/b8-6+,52-11+,56-12+. The van der Waals surface area contributed by atoms with Crippen molar-refractivity contribution in [2.24, 2.45) is 5.41 Å². The van der Waals surface area contributed by atoms with Crippen molar-refractivity contribution >= 4 is 53.3 Å². The van der Waals surface area contributed by atoms with E-state index in [1.807, 2.05) is 67.9 Å². The largest absolute Gasteiger partial charge is 0.507 e. The molecule has 1 aliphatic rings. The van der Waals surface area contributed by atoms with Crippen molar-refractivity contribution in [1.82, 2.24) is 0 Å². The second kappa shape index (κ2) is 42.8. The molecule has 1 heterocycles. The number of carbonyl (C=O) groups is 1. The first-order valence-electron chi connectivity index (χ1n) is 29.4. The fourth-order valence-electron chi connectivity index (χ4n) is 9.12. The molecule has 88 heavy (non-hydrogen) atoms. The van der Waals surface area contributed by atoms with E-state index in [1.54, 1.807) is 25.3 Å². The maximum atomic E-state index is 12.4. The quantitative estimate of drug-likeness (QED) is 0.0390. The van der Waals surface area contributed by atoms with Crippen molar-refractivity contribution in [3.05, 3.63) is 77.5 Å². The van der Waals surface area contributed by atoms with Crippen LogP contribution in [0.1, 0.15) is 70.9 Å². The Morgan fingerprint density at radius 1 is 0.602 bits per heavy atom. The SMILES string of the molecule is COCCOCCOCCOCCOCCOCCN(CCCS(=O)(=O)O)c1ccc(/C(=C\C/C=C/C=C2/N(CCOCCOCCOCCOCCOCCOCCC(=O)O)c3ccc(S(=O)(=O)O)cc3C2(C)CCCS(=O)(=O)O)C(C)(C)C)c(O)c1. The van der Waals surface area contributed by atoms with Crippen LogP contribution >= 0.6 is 0 Å². The number of benzene rings is 2. The molecule has 3 rings (SSSR count). The topological polar surface area (TPSA) is 338 Å². The molecule has 504 valence electrons. The van der Waals surface area contributed by atoms with Gasteiger partial charge >= 0.3 is 5.97 Å². The third-order valence-corrected chi connectivity index (χ3v) is 15.9. The number of phenolic OH excluding ortho intramolecular Hbond substituents is 1. The van der Waals surface area contributed by atoms with Crippen molar-refractivity contribution in [2.45, 2.75) is 70.1 Å². The lowest BCUT2D eigenvalue weighted by Crippen LogP contribution is -2.31. The summed E-state index contributed by atoms with van der Waals surface area (Å²) in [6.07, 6.45) is 8.22. The van der Waals surface area contributed by atoms with Gasteiger partial charge < -0.3 is 76.9 Å². The number of hydrogen-bond acceptors (Lipinski definition) is 22. The molecule has 1 atom stereocenters. The molecule has 0 amide bonds. The van der Waals surface area contributed by atoms with Crippen LogP contribution in [-0.4, -0.2) is 245 Å². The van der Waals surface area contributed by atoms with Crippen LogP contribution in [0.5, 0.6) is 5.75 Å². The second-order valence-electron chi connectivity index (χ2n) is 21.3. The molecule has 5 N–H and O–H groups in total. The summed E-state index contributed by atoms with van der Waals surface area (Å²) in [4.78, 5) is 14.0. The Kier molecular flexibility index (Phi) is 37.9. The van der Waals surface area contributed by atoms with Gasteiger partial charge in [-0.15, -0.1) is 0 Å². The van der Waals surface area contributed by atoms with Gasteiger partial charge in [-0.3, -0.25) is 18.5 Å². The van der Waals surface area contributed by atoms with Gasteiger partial charge in [-0.05, 0) is 85.6 Å². The van der Waals surface area contributed by atoms with Crippen molar-refractivity contribution < 1.29 is 111 Å². The number of allylic oxidation sites excluding steroid dienone is 6.